The smallest absolute Gasteiger partial charge is 0.159 e. The molecule has 0 aliphatic carbocycles. The standard InChI is InChI=1S/C31H37FN2O/c1-4-6-10-20-35-24(3)12-8-7-9-13-25-14-17-27(18-15-25)31-33-22-28(23-34-31)29-19-16-26(11-5-2)21-30(29)32/h5,9,13-19,21-24H,2,4,6-8,10-12,20H2,1,3H3. The highest BCUT2D eigenvalue weighted by molar-refractivity contribution is 5.65. The fourth-order valence-corrected chi connectivity index (χ4v) is 3.91. The maximum absolute atomic E-state index is 14.5. The van der Waals surface area contributed by atoms with Crippen molar-refractivity contribution in [3.8, 4) is 22.5 Å². The summed E-state index contributed by atoms with van der Waals surface area (Å²) in [6, 6.07) is 13.4. The van der Waals surface area contributed by atoms with Gasteiger partial charge in [-0.1, -0.05) is 74.4 Å². The molecule has 0 bridgehead atoms. The van der Waals surface area contributed by atoms with E-state index in [2.05, 4.69) is 54.7 Å². The van der Waals surface area contributed by atoms with Crippen molar-refractivity contribution in [1.82, 2.24) is 9.97 Å². The van der Waals surface area contributed by atoms with Gasteiger partial charge < -0.3 is 4.74 Å². The Morgan fingerprint density at radius 3 is 2.46 bits per heavy atom. The number of ether oxygens (including phenoxy) is 1. The Balaban J connectivity index is 1.49. The number of benzene rings is 2. The normalized spacial score (nSPS) is 12.2. The molecular weight excluding hydrogens is 435 g/mol. The first kappa shape index (κ1) is 26.5. The zero-order valence-electron chi connectivity index (χ0n) is 21.1. The maximum Gasteiger partial charge on any atom is 0.159 e. The number of unbranched alkanes of at least 4 members (excludes halogenated alkanes) is 3. The van der Waals surface area contributed by atoms with Crippen LogP contribution in [0.4, 0.5) is 4.39 Å². The van der Waals surface area contributed by atoms with Crippen molar-refractivity contribution in [2.75, 3.05) is 6.61 Å². The summed E-state index contributed by atoms with van der Waals surface area (Å²) >= 11 is 0. The maximum atomic E-state index is 14.5. The second kappa shape index (κ2) is 14.3. The number of halogens is 1. The van der Waals surface area contributed by atoms with Crippen LogP contribution in [0, 0.1) is 5.82 Å². The highest BCUT2D eigenvalue weighted by atomic mass is 19.1. The lowest BCUT2D eigenvalue weighted by molar-refractivity contribution is 0.0566. The van der Waals surface area contributed by atoms with E-state index in [1.54, 1.807) is 30.6 Å². The molecule has 0 amide bonds. The summed E-state index contributed by atoms with van der Waals surface area (Å²) in [6.07, 6.45) is 17.4. The van der Waals surface area contributed by atoms with Crippen molar-refractivity contribution in [3.05, 3.63) is 90.5 Å². The van der Waals surface area contributed by atoms with Crippen molar-refractivity contribution in [2.24, 2.45) is 0 Å². The summed E-state index contributed by atoms with van der Waals surface area (Å²) in [5.41, 5.74) is 4.15. The number of rotatable bonds is 14. The molecule has 184 valence electrons. The highest BCUT2D eigenvalue weighted by Gasteiger charge is 2.08. The summed E-state index contributed by atoms with van der Waals surface area (Å²) in [4.78, 5) is 8.93. The first-order valence-corrected chi connectivity index (χ1v) is 12.7. The first-order chi connectivity index (χ1) is 17.1. The van der Waals surface area contributed by atoms with Crippen molar-refractivity contribution in [3.63, 3.8) is 0 Å². The van der Waals surface area contributed by atoms with Gasteiger partial charge in [0.25, 0.3) is 0 Å². The van der Waals surface area contributed by atoms with E-state index in [1.807, 2.05) is 18.2 Å². The zero-order chi connectivity index (χ0) is 24.9. The number of hydrogen-bond acceptors (Lipinski definition) is 3. The van der Waals surface area contributed by atoms with Gasteiger partial charge in [0, 0.05) is 35.7 Å². The van der Waals surface area contributed by atoms with E-state index in [0.717, 1.165) is 49.0 Å². The van der Waals surface area contributed by atoms with E-state index in [-0.39, 0.29) is 5.82 Å². The Hall–Kier alpha value is -3.11. The molecule has 1 unspecified atom stereocenters. The molecule has 0 aliphatic heterocycles. The van der Waals surface area contributed by atoms with Crippen LogP contribution in [0.2, 0.25) is 0 Å². The molecule has 0 saturated heterocycles. The van der Waals surface area contributed by atoms with Crippen LogP contribution in [0.15, 0.2) is 73.6 Å². The Morgan fingerprint density at radius 2 is 1.77 bits per heavy atom. The third-order valence-corrected chi connectivity index (χ3v) is 5.99. The van der Waals surface area contributed by atoms with Crippen LogP contribution in [0.25, 0.3) is 28.6 Å². The van der Waals surface area contributed by atoms with E-state index in [4.69, 9.17) is 4.74 Å². The van der Waals surface area contributed by atoms with Gasteiger partial charge in [-0.25, -0.2) is 14.4 Å². The Morgan fingerprint density at radius 1 is 1.00 bits per heavy atom. The van der Waals surface area contributed by atoms with Gasteiger partial charge in [0.2, 0.25) is 0 Å². The number of allylic oxidation sites excluding steroid dienone is 2. The van der Waals surface area contributed by atoms with Gasteiger partial charge in [-0.2, -0.15) is 0 Å². The Kier molecular flexibility index (Phi) is 10.8. The lowest BCUT2D eigenvalue weighted by atomic mass is 10.0. The molecule has 0 spiro atoms. The lowest BCUT2D eigenvalue weighted by Crippen LogP contribution is -2.08. The second-order valence-corrected chi connectivity index (χ2v) is 8.95. The van der Waals surface area contributed by atoms with E-state index in [0.29, 0.717) is 29.5 Å². The van der Waals surface area contributed by atoms with Crippen LogP contribution in [0.5, 0.6) is 0 Å². The molecule has 0 N–H and O–H groups in total. The Bertz CT molecular complexity index is 1070. The highest BCUT2D eigenvalue weighted by Crippen LogP contribution is 2.24. The van der Waals surface area contributed by atoms with Crippen LogP contribution in [0.1, 0.15) is 63.5 Å². The number of nitrogens with zero attached hydrogens (tertiary/aromatic N) is 2. The van der Waals surface area contributed by atoms with Crippen LogP contribution >= 0.6 is 0 Å². The van der Waals surface area contributed by atoms with Gasteiger partial charge in [-0.3, -0.25) is 0 Å². The first-order valence-electron chi connectivity index (χ1n) is 12.7. The van der Waals surface area contributed by atoms with Crippen LogP contribution in [-0.4, -0.2) is 22.7 Å². The molecule has 2 aromatic carbocycles. The summed E-state index contributed by atoms with van der Waals surface area (Å²) in [6.45, 7) is 8.96. The minimum atomic E-state index is -0.272. The molecule has 1 aromatic heterocycles. The van der Waals surface area contributed by atoms with Gasteiger partial charge >= 0.3 is 0 Å². The van der Waals surface area contributed by atoms with E-state index in [1.165, 1.54) is 12.8 Å². The number of aromatic nitrogens is 2. The van der Waals surface area contributed by atoms with Gasteiger partial charge in [0.15, 0.2) is 5.82 Å². The third kappa shape index (κ3) is 8.56. The summed E-state index contributed by atoms with van der Waals surface area (Å²) in [5.74, 6) is 0.353. The van der Waals surface area contributed by atoms with Gasteiger partial charge in [0.05, 0.1) is 6.10 Å². The van der Waals surface area contributed by atoms with Crippen molar-refractivity contribution >= 4 is 6.08 Å². The van der Waals surface area contributed by atoms with Crippen LogP contribution in [0.3, 0.4) is 0 Å². The third-order valence-electron chi connectivity index (χ3n) is 5.99. The molecule has 0 aliphatic rings. The van der Waals surface area contributed by atoms with Crippen molar-refractivity contribution < 1.29 is 9.13 Å². The number of hydrogen-bond donors (Lipinski definition) is 0. The van der Waals surface area contributed by atoms with Crippen molar-refractivity contribution in [2.45, 2.75) is 64.9 Å². The van der Waals surface area contributed by atoms with Gasteiger partial charge in [-0.15, -0.1) is 6.58 Å². The molecular formula is C31H37FN2O. The average Bonchev–Trinajstić information content (AvgIpc) is 2.87. The molecule has 35 heavy (non-hydrogen) atoms. The van der Waals surface area contributed by atoms with Gasteiger partial charge in [-0.05, 0) is 56.2 Å². The minimum Gasteiger partial charge on any atom is -0.379 e. The van der Waals surface area contributed by atoms with E-state index >= 15 is 0 Å². The SMILES string of the molecule is C=CCc1ccc(-c2cnc(-c3ccc(C=CCCCC(C)OCCCCC)cc3)nc2)c(F)c1. The summed E-state index contributed by atoms with van der Waals surface area (Å²) < 4.78 is 20.3. The van der Waals surface area contributed by atoms with Crippen LogP contribution < -0.4 is 0 Å². The largest absolute Gasteiger partial charge is 0.379 e. The van der Waals surface area contributed by atoms with Gasteiger partial charge in [0.1, 0.15) is 5.82 Å². The van der Waals surface area contributed by atoms with Crippen LogP contribution in [-0.2, 0) is 11.2 Å². The predicted octanol–water partition coefficient (Wildman–Crippen LogP) is 8.46. The monoisotopic (exact) mass is 472 g/mol. The molecule has 3 aromatic rings. The minimum absolute atomic E-state index is 0.272. The lowest BCUT2D eigenvalue weighted by Gasteiger charge is -2.11. The molecule has 0 saturated carbocycles. The predicted molar refractivity (Wildman–Crippen MR) is 145 cm³/mol. The zero-order valence-corrected chi connectivity index (χ0v) is 21.1. The molecule has 4 heteroatoms. The summed E-state index contributed by atoms with van der Waals surface area (Å²) in [7, 11) is 0. The molecule has 1 atom stereocenters. The van der Waals surface area contributed by atoms with E-state index < -0.39 is 0 Å². The van der Waals surface area contributed by atoms with E-state index in [9.17, 15) is 4.39 Å². The molecule has 0 fully saturated rings. The van der Waals surface area contributed by atoms with Crippen molar-refractivity contribution in [1.29, 1.82) is 0 Å². The Labute approximate surface area is 209 Å². The second-order valence-electron chi connectivity index (χ2n) is 8.95. The molecule has 1 heterocycles. The summed E-state index contributed by atoms with van der Waals surface area (Å²) in [5, 5.41) is 0. The topological polar surface area (TPSA) is 35.0 Å². The average molecular weight is 473 g/mol. The quantitative estimate of drug-likeness (QED) is 0.174. The molecule has 3 rings (SSSR count). The molecule has 0 radical (unpaired) electrons. The fourth-order valence-electron chi connectivity index (χ4n) is 3.91. The fraction of sp³-hybridized carbons (Fsp3) is 0.355. The molecule has 3 nitrogen and oxygen atoms in total.